The summed E-state index contributed by atoms with van der Waals surface area (Å²) in [6, 6.07) is 8.96. The van der Waals surface area contributed by atoms with Gasteiger partial charge in [0, 0.05) is 13.7 Å². The second-order valence-electron chi connectivity index (χ2n) is 4.21. The topological polar surface area (TPSA) is 55.4 Å². The van der Waals surface area contributed by atoms with Gasteiger partial charge in [0.2, 0.25) is 10.0 Å². The van der Waals surface area contributed by atoms with Crippen LogP contribution in [0.15, 0.2) is 38.3 Å². The molecule has 0 saturated heterocycles. The Kier molecular flexibility index (Phi) is 5.81. The molecular weight excluding hydrogens is 398 g/mol. The molecule has 2 rings (SSSR count). The molecule has 1 aromatic heterocycles. The van der Waals surface area contributed by atoms with Gasteiger partial charge in [-0.25, -0.2) is 13.1 Å². The molecule has 1 heterocycles. The van der Waals surface area contributed by atoms with Crippen LogP contribution in [0.2, 0.25) is 5.02 Å². The average Bonchev–Trinajstić information content (AvgIpc) is 2.79. The van der Waals surface area contributed by atoms with Crippen molar-refractivity contribution in [3.63, 3.8) is 0 Å². The van der Waals surface area contributed by atoms with Crippen LogP contribution in [0.4, 0.5) is 0 Å². The molecule has 0 unspecified atom stereocenters. The summed E-state index contributed by atoms with van der Waals surface area (Å²) in [7, 11) is -1.98. The van der Waals surface area contributed by atoms with Crippen molar-refractivity contribution in [2.75, 3.05) is 7.11 Å². The Labute approximate surface area is 141 Å². The fourth-order valence-electron chi connectivity index (χ4n) is 1.73. The van der Waals surface area contributed by atoms with Crippen LogP contribution < -0.4 is 4.72 Å². The Bertz CT molecular complexity index is 711. The number of ether oxygens (including phenoxy) is 1. The molecule has 0 aliphatic rings. The van der Waals surface area contributed by atoms with E-state index >= 15 is 0 Å². The van der Waals surface area contributed by atoms with E-state index in [-0.39, 0.29) is 10.8 Å². The van der Waals surface area contributed by atoms with Gasteiger partial charge in [-0.15, -0.1) is 11.3 Å². The first-order chi connectivity index (χ1) is 9.94. The van der Waals surface area contributed by atoms with E-state index in [2.05, 4.69) is 20.7 Å². The van der Waals surface area contributed by atoms with Gasteiger partial charge < -0.3 is 4.74 Å². The SMILES string of the molecule is COCc1ccccc1CNS(=O)(=O)c1cc(Cl)c(Br)s1. The van der Waals surface area contributed by atoms with E-state index in [1.165, 1.54) is 6.07 Å². The van der Waals surface area contributed by atoms with Crippen molar-refractivity contribution < 1.29 is 13.2 Å². The van der Waals surface area contributed by atoms with Crippen LogP contribution in [-0.2, 0) is 27.9 Å². The highest BCUT2D eigenvalue weighted by atomic mass is 79.9. The zero-order valence-electron chi connectivity index (χ0n) is 11.1. The fraction of sp³-hybridized carbons (Fsp3) is 0.231. The number of nitrogens with one attached hydrogen (secondary N) is 1. The van der Waals surface area contributed by atoms with Crippen molar-refractivity contribution in [2.24, 2.45) is 0 Å². The highest BCUT2D eigenvalue weighted by Gasteiger charge is 2.19. The maximum absolute atomic E-state index is 12.2. The Morgan fingerprint density at radius 3 is 2.57 bits per heavy atom. The van der Waals surface area contributed by atoms with E-state index in [1.54, 1.807) is 7.11 Å². The van der Waals surface area contributed by atoms with Gasteiger partial charge in [0.05, 0.1) is 15.4 Å². The monoisotopic (exact) mass is 409 g/mol. The number of rotatable bonds is 6. The van der Waals surface area contributed by atoms with Crippen LogP contribution in [0.3, 0.4) is 0 Å². The number of benzene rings is 1. The molecule has 8 heteroatoms. The van der Waals surface area contributed by atoms with Crippen molar-refractivity contribution in [3.8, 4) is 0 Å². The van der Waals surface area contributed by atoms with Gasteiger partial charge in [0.25, 0.3) is 0 Å². The third kappa shape index (κ3) is 4.28. The third-order valence-electron chi connectivity index (χ3n) is 2.76. The minimum atomic E-state index is -3.58. The molecule has 1 N–H and O–H groups in total. The quantitative estimate of drug-likeness (QED) is 0.788. The first-order valence-electron chi connectivity index (χ1n) is 5.94. The smallest absolute Gasteiger partial charge is 0.250 e. The molecule has 114 valence electrons. The third-order valence-corrected chi connectivity index (χ3v) is 7.11. The van der Waals surface area contributed by atoms with E-state index < -0.39 is 10.0 Å². The van der Waals surface area contributed by atoms with Gasteiger partial charge in [0.1, 0.15) is 4.21 Å². The molecule has 0 spiro atoms. The minimum Gasteiger partial charge on any atom is -0.380 e. The number of methoxy groups -OCH3 is 1. The van der Waals surface area contributed by atoms with Crippen LogP contribution >= 0.6 is 38.9 Å². The fourth-order valence-corrected chi connectivity index (χ4v) is 5.18. The van der Waals surface area contributed by atoms with Gasteiger partial charge in [0.15, 0.2) is 0 Å². The minimum absolute atomic E-state index is 0.184. The first kappa shape index (κ1) is 16.9. The normalized spacial score (nSPS) is 11.8. The number of hydrogen-bond donors (Lipinski definition) is 1. The summed E-state index contributed by atoms with van der Waals surface area (Å²) in [5.74, 6) is 0. The Morgan fingerprint density at radius 2 is 2.00 bits per heavy atom. The molecule has 4 nitrogen and oxygen atoms in total. The van der Waals surface area contributed by atoms with Gasteiger partial charge in [-0.05, 0) is 33.1 Å². The standard InChI is InChI=1S/C13H13BrClNO3S2/c1-19-8-10-5-3-2-4-9(10)7-16-21(17,18)12-6-11(15)13(14)20-12/h2-6,16H,7-8H2,1H3. The number of halogens is 2. The van der Waals surface area contributed by atoms with Gasteiger partial charge in [-0.2, -0.15) is 0 Å². The predicted molar refractivity (Wildman–Crippen MR) is 88.2 cm³/mol. The molecular formula is C13H13BrClNO3S2. The lowest BCUT2D eigenvalue weighted by Gasteiger charge is -2.09. The van der Waals surface area contributed by atoms with E-state index in [9.17, 15) is 8.42 Å². The lowest BCUT2D eigenvalue weighted by molar-refractivity contribution is 0.184. The molecule has 0 bridgehead atoms. The molecule has 2 aromatic rings. The highest BCUT2D eigenvalue weighted by molar-refractivity contribution is 9.11. The van der Waals surface area contributed by atoms with Crippen molar-refractivity contribution in [2.45, 2.75) is 17.4 Å². The van der Waals surface area contributed by atoms with Crippen LogP contribution in [0.5, 0.6) is 0 Å². The molecule has 0 aliphatic carbocycles. The lowest BCUT2D eigenvalue weighted by atomic mass is 10.1. The van der Waals surface area contributed by atoms with Gasteiger partial charge >= 0.3 is 0 Å². The van der Waals surface area contributed by atoms with Gasteiger partial charge in [-0.3, -0.25) is 0 Å². The largest absolute Gasteiger partial charge is 0.380 e. The summed E-state index contributed by atoms with van der Waals surface area (Å²) in [6.07, 6.45) is 0. The summed E-state index contributed by atoms with van der Waals surface area (Å²) in [4.78, 5) is 0. The molecule has 0 saturated carbocycles. The molecule has 0 radical (unpaired) electrons. The van der Waals surface area contributed by atoms with Crippen molar-refractivity contribution in [1.29, 1.82) is 0 Å². The van der Waals surface area contributed by atoms with Crippen molar-refractivity contribution >= 4 is 48.9 Å². The van der Waals surface area contributed by atoms with Crippen LogP contribution in [0, 0.1) is 0 Å². The summed E-state index contributed by atoms with van der Waals surface area (Å²) >= 11 is 10.2. The highest BCUT2D eigenvalue weighted by Crippen LogP contribution is 2.34. The Hall–Kier alpha value is -0.440. The average molecular weight is 411 g/mol. The maximum Gasteiger partial charge on any atom is 0.250 e. The summed E-state index contributed by atoms with van der Waals surface area (Å²) < 4.78 is 32.9. The Balaban J connectivity index is 2.15. The molecule has 0 aliphatic heterocycles. The number of thiophene rings is 1. The summed E-state index contributed by atoms with van der Waals surface area (Å²) in [5.41, 5.74) is 1.83. The molecule has 0 amide bonds. The van der Waals surface area contributed by atoms with Crippen molar-refractivity contribution in [1.82, 2.24) is 4.72 Å². The van der Waals surface area contributed by atoms with Gasteiger partial charge in [-0.1, -0.05) is 35.9 Å². The number of hydrogen-bond acceptors (Lipinski definition) is 4. The Morgan fingerprint density at radius 1 is 1.33 bits per heavy atom. The predicted octanol–water partition coefficient (Wildman–Crippen LogP) is 3.79. The van der Waals surface area contributed by atoms with E-state index in [0.717, 1.165) is 22.5 Å². The lowest BCUT2D eigenvalue weighted by Crippen LogP contribution is -2.23. The molecule has 1 aromatic carbocycles. The second-order valence-corrected chi connectivity index (χ2v) is 8.98. The number of sulfonamides is 1. The van der Waals surface area contributed by atoms with E-state index in [0.29, 0.717) is 15.4 Å². The first-order valence-corrected chi connectivity index (χ1v) is 9.41. The van der Waals surface area contributed by atoms with E-state index in [1.807, 2.05) is 24.3 Å². The zero-order valence-corrected chi connectivity index (χ0v) is 15.1. The molecule has 0 fully saturated rings. The van der Waals surface area contributed by atoms with Crippen LogP contribution in [0.25, 0.3) is 0 Å². The van der Waals surface area contributed by atoms with Crippen molar-refractivity contribution in [3.05, 3.63) is 50.3 Å². The molecule has 21 heavy (non-hydrogen) atoms. The summed E-state index contributed by atoms with van der Waals surface area (Å²) in [5, 5.41) is 0.389. The maximum atomic E-state index is 12.2. The second kappa shape index (κ2) is 7.21. The summed E-state index contributed by atoms with van der Waals surface area (Å²) in [6.45, 7) is 0.642. The molecule has 0 atom stereocenters. The van der Waals surface area contributed by atoms with Crippen LogP contribution in [0.1, 0.15) is 11.1 Å². The van der Waals surface area contributed by atoms with Crippen LogP contribution in [-0.4, -0.2) is 15.5 Å². The van der Waals surface area contributed by atoms with E-state index in [4.69, 9.17) is 16.3 Å². The zero-order chi connectivity index (χ0) is 15.5.